The molecule has 288 valence electrons. The highest BCUT2D eigenvalue weighted by atomic mass is 79.9. The van der Waals surface area contributed by atoms with Gasteiger partial charge in [-0.15, -0.1) is 22.7 Å². The molecule has 0 aliphatic carbocycles. The molecule has 4 aromatic carbocycles. The van der Waals surface area contributed by atoms with Gasteiger partial charge in [0.2, 0.25) is 0 Å². The van der Waals surface area contributed by atoms with Gasteiger partial charge in [0.1, 0.15) is 4.60 Å². The zero-order chi connectivity index (χ0) is 40.9. The van der Waals surface area contributed by atoms with Crippen LogP contribution in [0.5, 0.6) is 0 Å². The van der Waals surface area contributed by atoms with E-state index in [1.165, 1.54) is 41.2 Å². The largest absolute Gasteiger partial charge is 0.488 e. The number of pyridine rings is 2. The Hall–Kier alpha value is -3.92. The van der Waals surface area contributed by atoms with Gasteiger partial charge in [0.05, 0.1) is 5.69 Å². The van der Waals surface area contributed by atoms with Crippen molar-refractivity contribution < 1.29 is 10.0 Å². The van der Waals surface area contributed by atoms with Crippen molar-refractivity contribution in [3.05, 3.63) is 138 Å². The average Bonchev–Trinajstić information content (AvgIpc) is 3.84. The Balaban J connectivity index is 0.000000724. The van der Waals surface area contributed by atoms with E-state index in [1.54, 1.807) is 23.6 Å². The van der Waals surface area contributed by atoms with Crippen LogP contribution in [0.15, 0.2) is 138 Å². The van der Waals surface area contributed by atoms with E-state index in [0.29, 0.717) is 5.46 Å². The lowest BCUT2D eigenvalue weighted by molar-refractivity contribution is 0.426. The molecule has 0 spiro atoms. The van der Waals surface area contributed by atoms with Gasteiger partial charge in [-0.3, -0.25) is 4.98 Å². The molecule has 0 saturated carbocycles. The second-order valence-electron chi connectivity index (χ2n) is 9.40. The van der Waals surface area contributed by atoms with Crippen molar-refractivity contribution in [2.24, 2.45) is 0 Å². The number of aromatic nitrogens is 2. The van der Waals surface area contributed by atoms with Gasteiger partial charge >= 0.3 is 7.12 Å². The first-order valence-corrected chi connectivity index (χ1v) is 21.7. The maximum atomic E-state index is 9.12. The number of nitrogens with zero attached hydrogens (tertiary/aromatic N) is 2. The number of hydrogen-bond donors (Lipinski definition) is 2. The molecule has 8 rings (SSSR count). The summed E-state index contributed by atoms with van der Waals surface area (Å²) in [7, 11) is -1.39. The van der Waals surface area contributed by atoms with Crippen LogP contribution in [0.2, 0.25) is 0 Å². The predicted octanol–water partition coefficient (Wildman–Crippen LogP) is 14.9. The molecule has 4 aromatic heterocycles. The maximum absolute atomic E-state index is 9.12. The number of hydrogen-bond acceptors (Lipinski definition) is 6. The molecule has 0 atom stereocenters. The SMILES string of the molecule is Brc1ccccn1.CC.CC.CC.CC.CC.CC.OB(O)c1ccc2c(c1)sc1ccccc12.c1ccc(-c2ccc3c(c2)sc2ccccc23)nc1. The first-order chi connectivity index (χ1) is 26.6. The number of fused-ring (bicyclic) bond motifs is 6. The Morgan fingerprint density at radius 1 is 0.444 bits per heavy atom. The summed E-state index contributed by atoms with van der Waals surface area (Å²) in [4.78, 5) is 8.31. The molecule has 4 nitrogen and oxygen atoms in total. The Morgan fingerprint density at radius 2 is 0.870 bits per heavy atom. The van der Waals surface area contributed by atoms with Crippen molar-refractivity contribution in [1.29, 1.82) is 0 Å². The van der Waals surface area contributed by atoms with Crippen LogP contribution in [0, 0.1) is 0 Å². The van der Waals surface area contributed by atoms with Gasteiger partial charge in [0.25, 0.3) is 0 Å². The first-order valence-electron chi connectivity index (χ1n) is 19.2. The van der Waals surface area contributed by atoms with Crippen molar-refractivity contribution >= 4 is 91.5 Å². The molecule has 8 aromatic rings. The Labute approximate surface area is 342 Å². The lowest BCUT2D eigenvalue weighted by Gasteiger charge is -2.00. The molecule has 4 heterocycles. The summed E-state index contributed by atoms with van der Waals surface area (Å²) in [6.45, 7) is 24.0. The van der Waals surface area contributed by atoms with Crippen molar-refractivity contribution in [3.63, 3.8) is 0 Å². The van der Waals surface area contributed by atoms with Crippen LogP contribution >= 0.6 is 38.6 Å². The third kappa shape index (κ3) is 15.1. The van der Waals surface area contributed by atoms with E-state index in [4.69, 9.17) is 10.0 Å². The van der Waals surface area contributed by atoms with E-state index in [2.05, 4.69) is 86.6 Å². The first kappa shape index (κ1) is 50.1. The van der Waals surface area contributed by atoms with Crippen molar-refractivity contribution in [2.75, 3.05) is 0 Å². The minimum Gasteiger partial charge on any atom is -0.423 e. The third-order valence-corrected chi connectivity index (χ3v) is 9.41. The maximum Gasteiger partial charge on any atom is 0.488 e. The van der Waals surface area contributed by atoms with Gasteiger partial charge in [-0.25, -0.2) is 4.98 Å². The van der Waals surface area contributed by atoms with Gasteiger partial charge < -0.3 is 10.0 Å². The van der Waals surface area contributed by atoms with E-state index in [1.807, 2.05) is 155 Å². The summed E-state index contributed by atoms with van der Waals surface area (Å²) in [5.74, 6) is 0. The summed E-state index contributed by atoms with van der Waals surface area (Å²) >= 11 is 6.71. The fourth-order valence-corrected chi connectivity index (χ4v) is 7.23. The van der Waals surface area contributed by atoms with Crippen LogP contribution in [0.4, 0.5) is 0 Å². The standard InChI is InChI=1S/C17H11NS.C12H9BO2S.C5H4BrN.6C2H6/c1-2-7-16-13(5-1)14-9-8-12(11-17(14)19-16)15-6-3-4-10-18-15;14-13(15)8-5-6-10-9-3-1-2-4-11(9)16-12(10)7-8;6-5-3-1-2-4-7-5;6*1-2/h1-11H;1-7,14-15H;1-4H;6*1-2H3. The summed E-state index contributed by atoms with van der Waals surface area (Å²) < 4.78 is 5.86. The second kappa shape index (κ2) is 30.4. The highest BCUT2D eigenvalue weighted by Gasteiger charge is 2.13. The lowest BCUT2D eigenvalue weighted by atomic mass is 9.80. The Morgan fingerprint density at radius 3 is 1.30 bits per heavy atom. The third-order valence-electron chi connectivity index (χ3n) is 6.67. The number of halogens is 1. The average molecular weight is 828 g/mol. The van der Waals surface area contributed by atoms with E-state index in [-0.39, 0.29) is 0 Å². The Bertz CT molecular complexity index is 2100. The molecule has 0 amide bonds. The number of rotatable bonds is 2. The molecule has 0 fully saturated rings. The molecular formula is C46H60BBrN2O2S2. The summed E-state index contributed by atoms with van der Waals surface area (Å²) in [6.07, 6.45) is 3.58. The zero-order valence-electron chi connectivity index (χ0n) is 34.3. The minimum absolute atomic E-state index is 0.541. The van der Waals surface area contributed by atoms with Crippen molar-refractivity contribution in [1.82, 2.24) is 9.97 Å². The summed E-state index contributed by atoms with van der Waals surface area (Å²) in [5, 5.41) is 23.3. The highest BCUT2D eigenvalue weighted by molar-refractivity contribution is 9.10. The van der Waals surface area contributed by atoms with Crippen molar-refractivity contribution in [3.8, 4) is 11.3 Å². The van der Waals surface area contributed by atoms with Crippen LogP contribution in [0.25, 0.3) is 51.6 Å². The molecule has 0 radical (unpaired) electrons. The molecule has 8 heteroatoms. The van der Waals surface area contributed by atoms with E-state index in [0.717, 1.165) is 15.0 Å². The molecule has 0 aliphatic rings. The normalized spacial score (nSPS) is 9.02. The zero-order valence-corrected chi connectivity index (χ0v) is 37.5. The summed E-state index contributed by atoms with van der Waals surface area (Å²) in [5.41, 5.74) is 2.75. The lowest BCUT2D eigenvalue weighted by Crippen LogP contribution is -2.29. The topological polar surface area (TPSA) is 66.2 Å². The van der Waals surface area contributed by atoms with E-state index >= 15 is 0 Å². The monoisotopic (exact) mass is 826 g/mol. The molecule has 0 unspecified atom stereocenters. The fourth-order valence-electron chi connectivity index (χ4n) is 4.66. The molecule has 2 N–H and O–H groups in total. The molecular weight excluding hydrogens is 767 g/mol. The van der Waals surface area contributed by atoms with Crippen LogP contribution in [-0.2, 0) is 0 Å². The molecule has 0 saturated heterocycles. The van der Waals surface area contributed by atoms with Crippen LogP contribution < -0.4 is 5.46 Å². The quantitative estimate of drug-likeness (QED) is 0.135. The van der Waals surface area contributed by atoms with Crippen LogP contribution in [0.3, 0.4) is 0 Å². The van der Waals surface area contributed by atoms with Crippen molar-refractivity contribution in [2.45, 2.75) is 83.1 Å². The van der Waals surface area contributed by atoms with Crippen LogP contribution in [0.1, 0.15) is 83.1 Å². The highest BCUT2D eigenvalue weighted by Crippen LogP contribution is 2.36. The molecule has 0 bridgehead atoms. The van der Waals surface area contributed by atoms with Gasteiger partial charge in [0, 0.05) is 58.3 Å². The van der Waals surface area contributed by atoms with E-state index < -0.39 is 7.12 Å². The van der Waals surface area contributed by atoms with Gasteiger partial charge in [-0.1, -0.05) is 156 Å². The number of thiophene rings is 2. The smallest absolute Gasteiger partial charge is 0.423 e. The second-order valence-corrected chi connectivity index (χ2v) is 12.4. The fraction of sp³-hybridized carbons (Fsp3) is 0.261. The summed E-state index contributed by atoms with van der Waals surface area (Å²) in [6, 6.07) is 40.6. The molecule has 0 aliphatic heterocycles. The number of benzene rings is 4. The van der Waals surface area contributed by atoms with E-state index in [9.17, 15) is 0 Å². The Kier molecular flexibility index (Phi) is 28.2. The van der Waals surface area contributed by atoms with Gasteiger partial charge in [0.15, 0.2) is 0 Å². The minimum atomic E-state index is -1.39. The predicted molar refractivity (Wildman–Crippen MR) is 252 cm³/mol. The van der Waals surface area contributed by atoms with Gasteiger partial charge in [-0.05, 0) is 69.9 Å². The van der Waals surface area contributed by atoms with Crippen LogP contribution in [-0.4, -0.2) is 27.1 Å². The molecule has 54 heavy (non-hydrogen) atoms. The van der Waals surface area contributed by atoms with Gasteiger partial charge in [-0.2, -0.15) is 0 Å².